The Bertz CT molecular complexity index is 303. The van der Waals surface area contributed by atoms with E-state index in [1.807, 2.05) is 12.1 Å². The summed E-state index contributed by atoms with van der Waals surface area (Å²) in [5, 5.41) is 3.41. The van der Waals surface area contributed by atoms with Crippen LogP contribution in [0.3, 0.4) is 0 Å². The Hall–Kier alpha value is -1.28. The van der Waals surface area contributed by atoms with Gasteiger partial charge in [0.15, 0.2) is 0 Å². The number of hydrogen-bond donors (Lipinski definition) is 1. The van der Waals surface area contributed by atoms with Crippen molar-refractivity contribution in [1.29, 1.82) is 0 Å². The molecule has 0 heterocycles. The van der Waals surface area contributed by atoms with Crippen molar-refractivity contribution in [3.63, 3.8) is 0 Å². The molecule has 2 nitrogen and oxygen atoms in total. The fourth-order valence-electron chi connectivity index (χ4n) is 1.50. The molecule has 0 unspecified atom stereocenters. The zero-order valence-electron chi connectivity index (χ0n) is 10.2. The lowest BCUT2D eigenvalue weighted by Gasteiger charge is -2.04. The molecule has 88 valence electrons. The van der Waals surface area contributed by atoms with Crippen LogP contribution in [0.25, 0.3) is 0 Å². The summed E-state index contributed by atoms with van der Waals surface area (Å²) in [5.41, 5.74) is 1.35. The summed E-state index contributed by atoms with van der Waals surface area (Å²) in [6, 6.07) is 8.25. The number of nitrogens with one attached hydrogen (secondary N) is 1. The van der Waals surface area contributed by atoms with Crippen LogP contribution >= 0.6 is 0 Å². The smallest absolute Gasteiger partial charge is 0.118 e. The minimum Gasteiger partial charge on any atom is -0.497 e. The van der Waals surface area contributed by atoms with Gasteiger partial charge >= 0.3 is 0 Å². The van der Waals surface area contributed by atoms with Crippen LogP contribution in [0.5, 0.6) is 5.75 Å². The van der Waals surface area contributed by atoms with Crippen molar-refractivity contribution in [2.24, 2.45) is 0 Å². The molecule has 0 saturated heterocycles. The zero-order valence-corrected chi connectivity index (χ0v) is 10.2. The normalized spacial score (nSPS) is 10.9. The number of benzene rings is 1. The summed E-state index contributed by atoms with van der Waals surface area (Å²) in [7, 11) is 1.69. The van der Waals surface area contributed by atoms with Crippen LogP contribution in [0, 0.1) is 0 Å². The fraction of sp³-hybridized carbons (Fsp3) is 0.429. The second-order valence-corrected chi connectivity index (χ2v) is 3.71. The van der Waals surface area contributed by atoms with Crippen LogP contribution in [-0.2, 0) is 6.42 Å². The van der Waals surface area contributed by atoms with Crippen LogP contribution in [0.1, 0.15) is 18.9 Å². The maximum atomic E-state index is 5.12. The third-order valence-electron chi connectivity index (χ3n) is 2.47. The maximum Gasteiger partial charge on any atom is 0.118 e. The van der Waals surface area contributed by atoms with Gasteiger partial charge in [0.25, 0.3) is 0 Å². The highest BCUT2D eigenvalue weighted by Gasteiger charge is 1.93. The molecule has 0 spiro atoms. The molecule has 1 N–H and O–H groups in total. The SMILES string of the molecule is C/C=C/CCNCCc1ccc(OC)cc1. The van der Waals surface area contributed by atoms with E-state index in [0.717, 1.165) is 31.7 Å². The average Bonchev–Trinajstić information content (AvgIpc) is 2.34. The summed E-state index contributed by atoms with van der Waals surface area (Å²) in [6.07, 6.45) is 6.45. The molecule has 1 aromatic carbocycles. The highest BCUT2D eigenvalue weighted by molar-refractivity contribution is 5.27. The van der Waals surface area contributed by atoms with Crippen molar-refractivity contribution in [3.05, 3.63) is 42.0 Å². The molecule has 0 bridgehead atoms. The van der Waals surface area contributed by atoms with Crippen molar-refractivity contribution in [2.45, 2.75) is 19.8 Å². The third-order valence-corrected chi connectivity index (χ3v) is 2.47. The first-order chi connectivity index (χ1) is 7.86. The number of methoxy groups -OCH3 is 1. The first kappa shape index (κ1) is 12.8. The monoisotopic (exact) mass is 219 g/mol. The summed E-state index contributed by atoms with van der Waals surface area (Å²) in [5.74, 6) is 0.921. The molecule has 16 heavy (non-hydrogen) atoms. The van der Waals surface area contributed by atoms with Crippen LogP contribution in [0.4, 0.5) is 0 Å². The molecule has 0 atom stereocenters. The van der Waals surface area contributed by atoms with E-state index in [2.05, 4.69) is 36.5 Å². The first-order valence-corrected chi connectivity index (χ1v) is 5.81. The lowest BCUT2D eigenvalue weighted by molar-refractivity contribution is 0.414. The lowest BCUT2D eigenvalue weighted by atomic mass is 10.1. The van der Waals surface area contributed by atoms with E-state index in [1.165, 1.54) is 5.56 Å². The van der Waals surface area contributed by atoms with Crippen molar-refractivity contribution in [3.8, 4) is 5.75 Å². The van der Waals surface area contributed by atoms with Gasteiger partial charge < -0.3 is 10.1 Å². The van der Waals surface area contributed by atoms with E-state index < -0.39 is 0 Å². The quantitative estimate of drug-likeness (QED) is 0.562. The average molecular weight is 219 g/mol. The third kappa shape index (κ3) is 4.99. The number of hydrogen-bond acceptors (Lipinski definition) is 2. The Kier molecular flexibility index (Phi) is 6.35. The predicted molar refractivity (Wildman–Crippen MR) is 69.0 cm³/mol. The zero-order chi connectivity index (χ0) is 11.6. The summed E-state index contributed by atoms with van der Waals surface area (Å²) < 4.78 is 5.12. The van der Waals surface area contributed by atoms with Gasteiger partial charge in [-0.25, -0.2) is 0 Å². The van der Waals surface area contributed by atoms with Crippen LogP contribution in [0.15, 0.2) is 36.4 Å². The topological polar surface area (TPSA) is 21.3 Å². The van der Waals surface area contributed by atoms with E-state index in [0.29, 0.717) is 0 Å². The molecule has 0 aliphatic rings. The molecule has 0 fully saturated rings. The van der Waals surface area contributed by atoms with E-state index in [9.17, 15) is 0 Å². The number of rotatable bonds is 7. The number of allylic oxidation sites excluding steroid dienone is 1. The van der Waals surface area contributed by atoms with Crippen molar-refractivity contribution >= 4 is 0 Å². The van der Waals surface area contributed by atoms with Gasteiger partial charge in [-0.05, 0) is 50.6 Å². The standard InChI is InChI=1S/C14H21NO/c1-3-4-5-11-15-12-10-13-6-8-14(16-2)9-7-13/h3-4,6-9,15H,5,10-12H2,1-2H3/b4-3+. The summed E-state index contributed by atoms with van der Waals surface area (Å²) in [4.78, 5) is 0. The van der Waals surface area contributed by atoms with Crippen molar-refractivity contribution in [1.82, 2.24) is 5.32 Å². The molecule has 0 aliphatic carbocycles. The van der Waals surface area contributed by atoms with Crippen LogP contribution in [-0.4, -0.2) is 20.2 Å². The van der Waals surface area contributed by atoms with E-state index >= 15 is 0 Å². The van der Waals surface area contributed by atoms with Gasteiger partial charge in [-0.15, -0.1) is 0 Å². The second kappa shape index (κ2) is 7.94. The molecule has 2 heteroatoms. The molecule has 1 rings (SSSR count). The first-order valence-electron chi connectivity index (χ1n) is 5.81. The molecule has 0 saturated carbocycles. The van der Waals surface area contributed by atoms with Crippen LogP contribution < -0.4 is 10.1 Å². The van der Waals surface area contributed by atoms with Gasteiger partial charge in [-0.2, -0.15) is 0 Å². The summed E-state index contributed by atoms with van der Waals surface area (Å²) >= 11 is 0. The predicted octanol–water partition coefficient (Wildman–Crippen LogP) is 2.79. The van der Waals surface area contributed by atoms with Gasteiger partial charge in [0, 0.05) is 0 Å². The van der Waals surface area contributed by atoms with Gasteiger partial charge in [-0.1, -0.05) is 24.3 Å². The molecule has 0 aromatic heterocycles. The van der Waals surface area contributed by atoms with Gasteiger partial charge in [-0.3, -0.25) is 0 Å². The molecule has 0 radical (unpaired) electrons. The summed E-state index contributed by atoms with van der Waals surface area (Å²) in [6.45, 7) is 4.14. The maximum absolute atomic E-state index is 5.12. The Morgan fingerprint density at radius 1 is 1.19 bits per heavy atom. The molecule has 0 amide bonds. The van der Waals surface area contributed by atoms with Crippen molar-refractivity contribution < 1.29 is 4.74 Å². The molecular weight excluding hydrogens is 198 g/mol. The number of ether oxygens (including phenoxy) is 1. The fourth-order valence-corrected chi connectivity index (χ4v) is 1.50. The Morgan fingerprint density at radius 2 is 1.94 bits per heavy atom. The molecular formula is C14H21NO. The Morgan fingerprint density at radius 3 is 2.56 bits per heavy atom. The van der Waals surface area contributed by atoms with E-state index in [-0.39, 0.29) is 0 Å². The Balaban J connectivity index is 2.16. The minimum atomic E-state index is 0.921. The highest BCUT2D eigenvalue weighted by atomic mass is 16.5. The molecule has 0 aliphatic heterocycles. The van der Waals surface area contributed by atoms with Gasteiger partial charge in [0.05, 0.1) is 7.11 Å². The van der Waals surface area contributed by atoms with Gasteiger partial charge in [0.2, 0.25) is 0 Å². The van der Waals surface area contributed by atoms with E-state index in [1.54, 1.807) is 7.11 Å². The Labute approximate surface area is 98.3 Å². The minimum absolute atomic E-state index is 0.921. The van der Waals surface area contributed by atoms with Crippen molar-refractivity contribution in [2.75, 3.05) is 20.2 Å². The van der Waals surface area contributed by atoms with E-state index in [4.69, 9.17) is 4.74 Å². The lowest BCUT2D eigenvalue weighted by Crippen LogP contribution is -2.17. The highest BCUT2D eigenvalue weighted by Crippen LogP contribution is 2.11. The second-order valence-electron chi connectivity index (χ2n) is 3.71. The van der Waals surface area contributed by atoms with Gasteiger partial charge in [0.1, 0.15) is 5.75 Å². The molecule has 1 aromatic rings. The largest absolute Gasteiger partial charge is 0.497 e. The van der Waals surface area contributed by atoms with Crippen LogP contribution in [0.2, 0.25) is 0 Å².